The molecule has 34 heavy (non-hydrogen) atoms. The van der Waals surface area contributed by atoms with E-state index in [2.05, 4.69) is 35.3 Å². The first-order chi connectivity index (χ1) is 16.2. The number of carbonyl (C=O) groups excluding carboxylic acids is 3. The summed E-state index contributed by atoms with van der Waals surface area (Å²) in [6, 6.07) is 3.01. The number of anilines is 2. The number of guanidine groups is 1. The number of methoxy groups -OCH3 is 1. The minimum Gasteiger partial charge on any atom is -0.464 e. The lowest BCUT2D eigenvalue weighted by atomic mass is 9.88. The zero-order chi connectivity index (χ0) is 24.5. The van der Waals surface area contributed by atoms with E-state index in [0.717, 1.165) is 0 Å². The summed E-state index contributed by atoms with van der Waals surface area (Å²) in [5.41, 5.74) is 11.2. The number of aromatic nitrogens is 3. The first kappa shape index (κ1) is 23.2. The van der Waals surface area contributed by atoms with Crippen molar-refractivity contribution in [3.05, 3.63) is 40.4 Å². The number of nitrogens with zero attached hydrogens (tertiary/aromatic N) is 5. The molecule has 2 aromatic rings. The van der Waals surface area contributed by atoms with Gasteiger partial charge in [0.25, 0.3) is 11.8 Å². The Balaban J connectivity index is 1.33. The van der Waals surface area contributed by atoms with Crippen LogP contribution in [-0.4, -0.2) is 75.9 Å². The minimum atomic E-state index is -0.620. The Kier molecular flexibility index (Phi) is 6.20. The van der Waals surface area contributed by atoms with Gasteiger partial charge in [0.05, 0.1) is 24.8 Å². The molecule has 2 aliphatic rings. The van der Waals surface area contributed by atoms with Crippen LogP contribution in [0.2, 0.25) is 5.15 Å². The number of hydrogen-bond acceptors (Lipinski definition) is 11. The highest BCUT2D eigenvalue weighted by Crippen LogP contribution is 2.27. The number of nitrogens with one attached hydrogen (secondary N) is 2. The van der Waals surface area contributed by atoms with Gasteiger partial charge in [-0.15, -0.1) is 0 Å². The van der Waals surface area contributed by atoms with E-state index in [1.807, 2.05) is 0 Å². The van der Waals surface area contributed by atoms with Crippen LogP contribution in [0.1, 0.15) is 44.2 Å². The average molecular weight is 488 g/mol. The normalized spacial score (nSPS) is 16.5. The second-order valence-corrected chi connectivity index (χ2v) is 8.23. The van der Waals surface area contributed by atoms with Gasteiger partial charge in [-0.25, -0.2) is 19.7 Å². The molecule has 0 saturated carbocycles. The summed E-state index contributed by atoms with van der Waals surface area (Å²) >= 11 is 5.84. The van der Waals surface area contributed by atoms with Gasteiger partial charge in [-0.05, 0) is 25.0 Å². The van der Waals surface area contributed by atoms with Gasteiger partial charge >= 0.3 is 5.97 Å². The van der Waals surface area contributed by atoms with Gasteiger partial charge in [0.15, 0.2) is 28.4 Å². The van der Waals surface area contributed by atoms with Crippen LogP contribution in [0.15, 0.2) is 23.3 Å². The van der Waals surface area contributed by atoms with Gasteiger partial charge in [0.2, 0.25) is 0 Å². The first-order valence-corrected chi connectivity index (χ1v) is 10.7. The monoisotopic (exact) mass is 487 g/mol. The number of nitrogens with two attached hydrogens (primary N) is 2. The maximum atomic E-state index is 12.8. The van der Waals surface area contributed by atoms with Crippen LogP contribution in [0.5, 0.6) is 0 Å². The Morgan fingerprint density at radius 3 is 2.56 bits per heavy atom. The molecule has 0 unspecified atom stereocenters. The summed E-state index contributed by atoms with van der Waals surface area (Å²) in [6.45, 7) is 1.39. The molecule has 4 heterocycles. The second kappa shape index (κ2) is 9.09. The van der Waals surface area contributed by atoms with E-state index in [1.165, 1.54) is 19.4 Å². The van der Waals surface area contributed by atoms with E-state index in [1.54, 1.807) is 11.0 Å². The van der Waals surface area contributed by atoms with Crippen molar-refractivity contribution in [2.45, 2.75) is 18.4 Å². The molecular formula is C20H22ClN9O4. The number of likely N-dealkylation sites (tertiary alicyclic amines) is 1. The molecule has 2 aromatic heterocycles. The van der Waals surface area contributed by atoms with Crippen LogP contribution in [0.3, 0.4) is 0 Å². The summed E-state index contributed by atoms with van der Waals surface area (Å²) in [5, 5.41) is 5.75. The number of piperidine rings is 1. The van der Waals surface area contributed by atoms with E-state index in [0.29, 0.717) is 38.0 Å². The molecule has 13 nitrogen and oxygen atoms in total. The fourth-order valence-electron chi connectivity index (χ4n) is 3.76. The third-order valence-electron chi connectivity index (χ3n) is 5.69. The number of hydrogen-bond donors (Lipinski definition) is 4. The first-order valence-electron chi connectivity index (χ1n) is 10.3. The molecule has 6 N–H and O–H groups in total. The number of carbonyl (C=O) groups is 3. The zero-order valence-corrected chi connectivity index (χ0v) is 18.9. The molecular weight excluding hydrogens is 466 g/mol. The smallest absolute Gasteiger partial charge is 0.356 e. The Bertz CT molecular complexity index is 1180. The Hall–Kier alpha value is -4.00. The van der Waals surface area contributed by atoms with Crippen LogP contribution >= 0.6 is 11.6 Å². The second-order valence-electron chi connectivity index (χ2n) is 7.87. The molecule has 0 bridgehead atoms. The highest BCUT2D eigenvalue weighted by atomic mass is 35.5. The SMILES string of the molecule is COC(=O)c1ccc(C(=O)N2CCC3(CC2)CN=C(NC(=O)c2nc(Cl)c(N)nc2N)N3)cn1. The molecule has 0 atom stereocenters. The zero-order valence-electron chi connectivity index (χ0n) is 18.2. The predicted molar refractivity (Wildman–Crippen MR) is 122 cm³/mol. The Morgan fingerprint density at radius 2 is 1.91 bits per heavy atom. The van der Waals surface area contributed by atoms with Crippen molar-refractivity contribution >= 4 is 47.0 Å². The summed E-state index contributed by atoms with van der Waals surface area (Å²) in [5.74, 6) is -1.30. The van der Waals surface area contributed by atoms with E-state index in [-0.39, 0.29) is 45.6 Å². The Morgan fingerprint density at radius 1 is 1.18 bits per heavy atom. The number of aliphatic imine (C=N–C) groups is 1. The third-order valence-corrected chi connectivity index (χ3v) is 5.97. The quantitative estimate of drug-likeness (QED) is 0.423. The van der Waals surface area contributed by atoms with E-state index in [9.17, 15) is 14.4 Å². The predicted octanol–water partition coefficient (Wildman–Crippen LogP) is -0.160. The molecule has 2 aliphatic heterocycles. The molecule has 1 fully saturated rings. The van der Waals surface area contributed by atoms with E-state index in [4.69, 9.17) is 23.1 Å². The largest absolute Gasteiger partial charge is 0.464 e. The van der Waals surface area contributed by atoms with Crippen LogP contribution in [-0.2, 0) is 4.74 Å². The average Bonchev–Trinajstić information content (AvgIpc) is 3.22. The number of amides is 2. The molecule has 178 valence electrons. The van der Waals surface area contributed by atoms with Gasteiger partial charge in [-0.1, -0.05) is 11.6 Å². The lowest BCUT2D eigenvalue weighted by molar-refractivity contribution is 0.0591. The van der Waals surface area contributed by atoms with Gasteiger partial charge in [-0.3, -0.25) is 19.9 Å². The molecule has 0 aromatic carbocycles. The van der Waals surface area contributed by atoms with Crippen molar-refractivity contribution in [2.24, 2.45) is 4.99 Å². The minimum absolute atomic E-state index is 0.0671. The number of rotatable bonds is 3. The summed E-state index contributed by atoms with van der Waals surface area (Å²) in [4.78, 5) is 54.6. The third kappa shape index (κ3) is 4.55. The summed E-state index contributed by atoms with van der Waals surface area (Å²) in [6.07, 6.45) is 2.59. The van der Waals surface area contributed by atoms with Crippen LogP contribution in [0, 0.1) is 0 Å². The van der Waals surface area contributed by atoms with Gasteiger partial charge in [0, 0.05) is 19.3 Å². The standard InChI is InChI=1S/C20H22ClN9O4/c1-34-18(33)11-3-2-10(8-24-11)17(32)30-6-4-20(5-7-30)9-25-19(29-20)28-16(31)12-14(22)27-15(23)13(21)26-12/h2-3,8H,4-7,9H2,1H3,(H4,22,23,27)(H2,25,28,29,31). The van der Waals surface area contributed by atoms with Crippen molar-refractivity contribution in [1.29, 1.82) is 0 Å². The summed E-state index contributed by atoms with van der Waals surface area (Å²) in [7, 11) is 1.27. The number of halogens is 1. The lowest BCUT2D eigenvalue weighted by Crippen LogP contribution is -2.57. The highest BCUT2D eigenvalue weighted by Gasteiger charge is 2.40. The van der Waals surface area contributed by atoms with Crippen molar-refractivity contribution in [2.75, 3.05) is 38.2 Å². The van der Waals surface area contributed by atoms with Gasteiger partial charge < -0.3 is 26.4 Å². The molecule has 0 aliphatic carbocycles. The lowest BCUT2D eigenvalue weighted by Gasteiger charge is -2.39. The van der Waals surface area contributed by atoms with Crippen molar-refractivity contribution in [3.63, 3.8) is 0 Å². The number of pyridine rings is 1. The number of esters is 1. The molecule has 14 heteroatoms. The van der Waals surface area contributed by atoms with Crippen LogP contribution in [0.4, 0.5) is 11.6 Å². The maximum Gasteiger partial charge on any atom is 0.356 e. The van der Waals surface area contributed by atoms with Gasteiger partial charge in [-0.2, -0.15) is 0 Å². The van der Waals surface area contributed by atoms with Crippen LogP contribution in [0.25, 0.3) is 0 Å². The molecule has 1 saturated heterocycles. The van der Waals surface area contributed by atoms with Gasteiger partial charge in [0.1, 0.15) is 5.69 Å². The van der Waals surface area contributed by atoms with Crippen molar-refractivity contribution < 1.29 is 19.1 Å². The molecule has 2 amide bonds. The molecule has 4 rings (SSSR count). The highest BCUT2D eigenvalue weighted by molar-refractivity contribution is 6.31. The van der Waals surface area contributed by atoms with Crippen molar-refractivity contribution in [3.8, 4) is 0 Å². The fraction of sp³-hybridized carbons (Fsp3) is 0.350. The van der Waals surface area contributed by atoms with Crippen LogP contribution < -0.4 is 22.1 Å². The number of ether oxygens (including phenoxy) is 1. The van der Waals surface area contributed by atoms with E-state index < -0.39 is 11.9 Å². The molecule has 0 radical (unpaired) electrons. The van der Waals surface area contributed by atoms with E-state index >= 15 is 0 Å². The maximum absolute atomic E-state index is 12.8. The number of nitrogen functional groups attached to an aromatic ring is 2. The van der Waals surface area contributed by atoms with Crippen molar-refractivity contribution in [1.82, 2.24) is 30.5 Å². The summed E-state index contributed by atoms with van der Waals surface area (Å²) < 4.78 is 4.62. The Labute approximate surface area is 198 Å². The topological polar surface area (TPSA) is 191 Å². The molecule has 1 spiro atoms. The fourth-order valence-corrected chi connectivity index (χ4v) is 3.88.